The van der Waals surface area contributed by atoms with Gasteiger partial charge in [0.25, 0.3) is 0 Å². The van der Waals surface area contributed by atoms with Crippen LogP contribution >= 0.6 is 22.6 Å². The first kappa shape index (κ1) is 12.7. The quantitative estimate of drug-likeness (QED) is 0.255. The van der Waals surface area contributed by atoms with Gasteiger partial charge in [-0.05, 0) is 23.7 Å². The van der Waals surface area contributed by atoms with E-state index in [4.69, 9.17) is 5.11 Å². The van der Waals surface area contributed by atoms with Crippen molar-refractivity contribution in [1.82, 2.24) is 0 Å². The van der Waals surface area contributed by atoms with E-state index in [2.05, 4.69) is 27.3 Å². The van der Waals surface area contributed by atoms with Crippen LogP contribution in [0.1, 0.15) is 25.7 Å². The molecule has 76 valence electrons. The molecule has 0 aliphatic rings. The van der Waals surface area contributed by atoms with Crippen molar-refractivity contribution in [2.24, 2.45) is 0 Å². The fourth-order valence-electron chi connectivity index (χ4n) is 0.734. The minimum atomic E-state index is -1.14. The molecule has 0 spiro atoms. The molecular weight excluding hydrogens is 287 g/mol. The number of esters is 1. The van der Waals surface area contributed by atoms with Crippen molar-refractivity contribution in [3.63, 3.8) is 0 Å². The minimum absolute atomic E-state index is 0.336. The third-order valence-electron chi connectivity index (χ3n) is 1.34. The Labute approximate surface area is 90.8 Å². The lowest BCUT2D eigenvalue weighted by Gasteiger charge is -2.01. The average molecular weight is 300 g/mol. The van der Waals surface area contributed by atoms with Gasteiger partial charge in [-0.15, -0.1) is 0 Å². The molecule has 0 fully saturated rings. The molecule has 0 heterocycles. The summed E-state index contributed by atoms with van der Waals surface area (Å²) in [5.74, 6) is -1.79. The number of halogens is 1. The molecule has 0 radical (unpaired) electrons. The monoisotopic (exact) mass is 300 g/mol. The standard InChI is InChI=1S/C8H13IO4/c9-4-2-1-3-5-13-8(12)6-7(10)11/h1-6H2,(H,10,11). The summed E-state index contributed by atoms with van der Waals surface area (Å²) < 4.78 is 5.78. The molecule has 0 amide bonds. The van der Waals surface area contributed by atoms with Crippen LogP contribution in [0.4, 0.5) is 0 Å². The topological polar surface area (TPSA) is 63.6 Å². The van der Waals surface area contributed by atoms with Gasteiger partial charge in [-0.1, -0.05) is 22.6 Å². The molecule has 0 atom stereocenters. The molecule has 0 rings (SSSR count). The Morgan fingerprint density at radius 3 is 2.46 bits per heavy atom. The van der Waals surface area contributed by atoms with Gasteiger partial charge in [0.15, 0.2) is 0 Å². The number of carboxylic acids is 1. The molecule has 13 heavy (non-hydrogen) atoms. The first-order chi connectivity index (χ1) is 6.16. The molecule has 0 aromatic carbocycles. The number of hydrogen-bond acceptors (Lipinski definition) is 3. The predicted molar refractivity (Wildman–Crippen MR) is 55.9 cm³/mol. The molecule has 0 unspecified atom stereocenters. The maximum absolute atomic E-state index is 10.7. The summed E-state index contributed by atoms with van der Waals surface area (Å²) in [6, 6.07) is 0. The van der Waals surface area contributed by atoms with Crippen molar-refractivity contribution in [3.05, 3.63) is 0 Å². The first-order valence-corrected chi connectivity index (χ1v) is 5.62. The number of alkyl halides is 1. The molecular formula is C8H13IO4. The van der Waals surface area contributed by atoms with Gasteiger partial charge in [0, 0.05) is 0 Å². The normalized spacial score (nSPS) is 9.62. The smallest absolute Gasteiger partial charge is 0.317 e. The highest BCUT2D eigenvalue weighted by Crippen LogP contribution is 1.99. The van der Waals surface area contributed by atoms with Crippen LogP contribution in [-0.2, 0) is 14.3 Å². The van der Waals surface area contributed by atoms with E-state index in [1.165, 1.54) is 0 Å². The summed E-state index contributed by atoms with van der Waals surface area (Å²) in [7, 11) is 0. The zero-order valence-corrected chi connectivity index (χ0v) is 9.45. The van der Waals surface area contributed by atoms with Crippen LogP contribution in [0.2, 0.25) is 0 Å². The number of carbonyl (C=O) groups excluding carboxylic acids is 1. The van der Waals surface area contributed by atoms with E-state index in [-0.39, 0.29) is 0 Å². The third-order valence-corrected chi connectivity index (χ3v) is 2.10. The van der Waals surface area contributed by atoms with Gasteiger partial charge in [-0.2, -0.15) is 0 Å². The number of carbonyl (C=O) groups is 2. The average Bonchev–Trinajstić information content (AvgIpc) is 2.02. The largest absolute Gasteiger partial charge is 0.481 e. The van der Waals surface area contributed by atoms with E-state index >= 15 is 0 Å². The van der Waals surface area contributed by atoms with Crippen molar-refractivity contribution in [2.45, 2.75) is 25.7 Å². The van der Waals surface area contributed by atoms with E-state index in [9.17, 15) is 9.59 Å². The summed E-state index contributed by atoms with van der Waals surface area (Å²) in [6.45, 7) is 0.336. The van der Waals surface area contributed by atoms with Crippen LogP contribution in [0.15, 0.2) is 0 Å². The zero-order valence-electron chi connectivity index (χ0n) is 7.29. The van der Waals surface area contributed by atoms with Gasteiger partial charge in [-0.25, -0.2) is 0 Å². The highest BCUT2D eigenvalue weighted by Gasteiger charge is 2.07. The van der Waals surface area contributed by atoms with Crippen molar-refractivity contribution in [2.75, 3.05) is 11.0 Å². The Morgan fingerprint density at radius 1 is 1.23 bits per heavy atom. The molecule has 1 N–H and O–H groups in total. The second-order valence-electron chi connectivity index (χ2n) is 2.54. The van der Waals surface area contributed by atoms with Gasteiger partial charge >= 0.3 is 11.9 Å². The van der Waals surface area contributed by atoms with Crippen LogP contribution in [0.5, 0.6) is 0 Å². The summed E-state index contributed by atoms with van der Waals surface area (Å²) in [5.41, 5.74) is 0. The van der Waals surface area contributed by atoms with Gasteiger partial charge in [0.05, 0.1) is 6.61 Å². The van der Waals surface area contributed by atoms with Crippen molar-refractivity contribution in [3.8, 4) is 0 Å². The third kappa shape index (κ3) is 9.59. The zero-order chi connectivity index (χ0) is 10.1. The second-order valence-corrected chi connectivity index (χ2v) is 3.62. The predicted octanol–water partition coefficient (Wildman–Crippen LogP) is 1.61. The number of carboxylic acid groups (broad SMARTS) is 1. The van der Waals surface area contributed by atoms with Gasteiger partial charge in [-0.3, -0.25) is 9.59 Å². The van der Waals surface area contributed by atoms with Gasteiger partial charge in [0.1, 0.15) is 6.42 Å². The van der Waals surface area contributed by atoms with Crippen LogP contribution in [0, 0.1) is 0 Å². The lowest BCUT2D eigenvalue weighted by molar-refractivity contribution is -0.151. The highest BCUT2D eigenvalue weighted by atomic mass is 127. The lowest BCUT2D eigenvalue weighted by Crippen LogP contribution is -2.11. The van der Waals surface area contributed by atoms with E-state index in [0.29, 0.717) is 6.61 Å². The maximum atomic E-state index is 10.7. The van der Waals surface area contributed by atoms with E-state index in [0.717, 1.165) is 23.7 Å². The van der Waals surface area contributed by atoms with Crippen LogP contribution in [-0.4, -0.2) is 28.1 Å². The van der Waals surface area contributed by atoms with Crippen molar-refractivity contribution < 1.29 is 19.4 Å². The molecule has 0 aliphatic heterocycles. The minimum Gasteiger partial charge on any atom is -0.481 e. The molecule has 0 saturated heterocycles. The number of aliphatic carboxylic acids is 1. The Hall–Kier alpha value is -0.330. The van der Waals surface area contributed by atoms with Gasteiger partial charge < -0.3 is 9.84 Å². The van der Waals surface area contributed by atoms with Crippen LogP contribution in [0.3, 0.4) is 0 Å². The molecule has 5 heteroatoms. The summed E-state index contributed by atoms with van der Waals surface area (Å²) in [6.07, 6.45) is 2.40. The van der Waals surface area contributed by atoms with Crippen LogP contribution < -0.4 is 0 Å². The summed E-state index contributed by atoms with van der Waals surface area (Å²) >= 11 is 2.28. The molecule has 0 bridgehead atoms. The SMILES string of the molecule is O=C(O)CC(=O)OCCCCCI. The molecule has 0 aromatic rings. The first-order valence-electron chi connectivity index (χ1n) is 4.10. The second kappa shape index (κ2) is 8.28. The van der Waals surface area contributed by atoms with Crippen molar-refractivity contribution in [1.29, 1.82) is 0 Å². The highest BCUT2D eigenvalue weighted by molar-refractivity contribution is 14.1. The Morgan fingerprint density at radius 2 is 1.92 bits per heavy atom. The van der Waals surface area contributed by atoms with Crippen molar-refractivity contribution >= 4 is 34.5 Å². The molecule has 4 nitrogen and oxygen atoms in total. The number of hydrogen-bond donors (Lipinski definition) is 1. The lowest BCUT2D eigenvalue weighted by atomic mass is 10.3. The number of unbranched alkanes of at least 4 members (excludes halogenated alkanes) is 2. The summed E-state index contributed by atoms with van der Waals surface area (Å²) in [4.78, 5) is 20.7. The Bertz CT molecular complexity index is 170. The van der Waals surface area contributed by atoms with Gasteiger partial charge in [0.2, 0.25) is 0 Å². The van der Waals surface area contributed by atoms with E-state index in [1.807, 2.05) is 0 Å². The molecule has 0 saturated carbocycles. The molecule has 0 aromatic heterocycles. The Kier molecular flexibility index (Phi) is 8.07. The maximum Gasteiger partial charge on any atom is 0.317 e. The fourth-order valence-corrected chi connectivity index (χ4v) is 1.27. The van der Waals surface area contributed by atoms with E-state index < -0.39 is 18.4 Å². The van der Waals surface area contributed by atoms with Crippen LogP contribution in [0.25, 0.3) is 0 Å². The summed E-state index contributed by atoms with van der Waals surface area (Å²) in [5, 5.41) is 8.22. The Balaban J connectivity index is 3.22. The number of ether oxygens (including phenoxy) is 1. The van der Waals surface area contributed by atoms with E-state index in [1.54, 1.807) is 0 Å². The number of rotatable bonds is 7. The molecule has 0 aliphatic carbocycles. The fraction of sp³-hybridized carbons (Fsp3) is 0.750.